The number of rotatable bonds is 7. The van der Waals surface area contributed by atoms with E-state index >= 15 is 0 Å². The van der Waals surface area contributed by atoms with Crippen LogP contribution in [-0.4, -0.2) is 89.6 Å². The van der Waals surface area contributed by atoms with Gasteiger partial charge < -0.3 is 29.5 Å². The van der Waals surface area contributed by atoms with Crippen LogP contribution in [0.5, 0.6) is 0 Å². The van der Waals surface area contributed by atoms with Crippen LogP contribution in [0.2, 0.25) is 0 Å². The molecule has 2 aliphatic heterocycles. The molecule has 0 bridgehead atoms. The highest BCUT2D eigenvalue weighted by atomic mass is 16.7. The van der Waals surface area contributed by atoms with E-state index in [-0.39, 0.29) is 25.0 Å². The molecule has 0 aromatic heterocycles. The molecule has 5 atom stereocenters. The van der Waals surface area contributed by atoms with E-state index < -0.39 is 37.3 Å². The van der Waals surface area contributed by atoms with Gasteiger partial charge in [0.15, 0.2) is 6.29 Å². The van der Waals surface area contributed by atoms with Gasteiger partial charge in [0, 0.05) is 20.3 Å². The van der Waals surface area contributed by atoms with Crippen LogP contribution in [0.4, 0.5) is 0 Å². The Balaban J connectivity index is 1.54. The van der Waals surface area contributed by atoms with Gasteiger partial charge in [0.2, 0.25) is 0 Å². The Kier molecular flexibility index (Phi) is 6.20. The third-order valence-corrected chi connectivity index (χ3v) is 4.77. The number of nitrogens with zero attached hydrogens (tertiary/aromatic N) is 1. The average molecular weight is 381 g/mol. The third kappa shape index (κ3) is 3.75. The number of carbonyl (C=O) groups excluding carboxylic acids is 2. The molecule has 0 unspecified atom stereocenters. The van der Waals surface area contributed by atoms with Crippen LogP contribution in [0, 0.1) is 0 Å². The van der Waals surface area contributed by atoms with Gasteiger partial charge in [0.05, 0.1) is 17.7 Å². The molecule has 1 fully saturated rings. The highest BCUT2D eigenvalue weighted by Crippen LogP contribution is 2.25. The summed E-state index contributed by atoms with van der Waals surface area (Å²) in [5, 5.41) is 29.7. The quantitative estimate of drug-likeness (QED) is 0.412. The van der Waals surface area contributed by atoms with Crippen LogP contribution in [0.3, 0.4) is 0 Å². The third-order valence-electron chi connectivity index (χ3n) is 4.77. The zero-order valence-corrected chi connectivity index (χ0v) is 14.9. The van der Waals surface area contributed by atoms with Gasteiger partial charge in [0.25, 0.3) is 11.8 Å². The second-order valence-corrected chi connectivity index (χ2v) is 6.44. The minimum Gasteiger partial charge on any atom is -0.394 e. The van der Waals surface area contributed by atoms with E-state index in [4.69, 9.17) is 14.2 Å². The zero-order chi connectivity index (χ0) is 19.6. The van der Waals surface area contributed by atoms with E-state index in [0.29, 0.717) is 17.5 Å². The highest BCUT2D eigenvalue weighted by Gasteiger charge is 2.45. The van der Waals surface area contributed by atoms with Crippen LogP contribution >= 0.6 is 0 Å². The summed E-state index contributed by atoms with van der Waals surface area (Å²) in [4.78, 5) is 25.7. The van der Waals surface area contributed by atoms with Gasteiger partial charge >= 0.3 is 0 Å². The Morgan fingerprint density at radius 2 is 1.74 bits per heavy atom. The molecule has 9 heteroatoms. The summed E-state index contributed by atoms with van der Waals surface area (Å²) in [6, 6.07) is 6.63. The Bertz CT molecular complexity index is 645. The van der Waals surface area contributed by atoms with Gasteiger partial charge in [-0.15, -0.1) is 0 Å². The molecule has 27 heavy (non-hydrogen) atoms. The maximum Gasteiger partial charge on any atom is 0.261 e. The average Bonchev–Trinajstić information content (AvgIpc) is 2.92. The summed E-state index contributed by atoms with van der Waals surface area (Å²) in [6.45, 7) is -0.220. The minimum absolute atomic E-state index is 0.0841. The van der Waals surface area contributed by atoms with E-state index in [1.54, 1.807) is 24.3 Å². The molecular weight excluding hydrogens is 358 g/mol. The largest absolute Gasteiger partial charge is 0.394 e. The summed E-state index contributed by atoms with van der Waals surface area (Å²) in [5.74, 6) is -0.692. The Morgan fingerprint density at radius 1 is 1.11 bits per heavy atom. The lowest BCUT2D eigenvalue weighted by Crippen LogP contribution is -2.60. The Hall–Kier alpha value is -1.88. The Morgan fingerprint density at radius 3 is 2.30 bits per heavy atom. The van der Waals surface area contributed by atoms with Crippen LogP contribution in [-0.2, 0) is 14.2 Å². The van der Waals surface area contributed by atoms with Crippen molar-refractivity contribution in [2.45, 2.75) is 37.1 Å². The number of aliphatic hydroxyl groups excluding tert-OH is 3. The number of aliphatic hydroxyl groups is 3. The highest BCUT2D eigenvalue weighted by molar-refractivity contribution is 6.21. The smallest absolute Gasteiger partial charge is 0.261 e. The summed E-state index contributed by atoms with van der Waals surface area (Å²) in [5.41, 5.74) is 0.764. The number of hydrogen-bond acceptors (Lipinski definition) is 8. The van der Waals surface area contributed by atoms with Crippen molar-refractivity contribution in [1.82, 2.24) is 4.90 Å². The van der Waals surface area contributed by atoms with Gasteiger partial charge in [-0.3, -0.25) is 14.5 Å². The minimum atomic E-state index is -1.24. The zero-order valence-electron chi connectivity index (χ0n) is 14.9. The molecular formula is C18H23NO8. The van der Waals surface area contributed by atoms with Crippen LogP contribution in [0.1, 0.15) is 27.1 Å². The van der Waals surface area contributed by atoms with E-state index in [2.05, 4.69) is 0 Å². The maximum absolute atomic E-state index is 12.3. The fraction of sp³-hybridized carbons (Fsp3) is 0.556. The fourth-order valence-corrected chi connectivity index (χ4v) is 3.33. The number of fused-ring (bicyclic) bond motifs is 1. The summed E-state index contributed by atoms with van der Waals surface area (Å²) < 4.78 is 15.8. The summed E-state index contributed by atoms with van der Waals surface area (Å²) in [7, 11) is 1.33. The standard InChI is InChI=1S/C18H23NO8/c1-25-18-14(22)15(13(21)12(9-20)27-18)26-8-4-7-19-16(23)10-5-2-3-6-11(10)17(19)24/h2-3,5-6,12-15,18,20-22H,4,7-9H2,1H3/t12-,13-,14+,15+,18+/m1/s1. The lowest BCUT2D eigenvalue weighted by Gasteiger charge is -2.41. The topological polar surface area (TPSA) is 126 Å². The predicted octanol–water partition coefficient (Wildman–Crippen LogP) is -0.857. The molecule has 3 rings (SSSR count). The van der Waals surface area contributed by atoms with Crippen LogP contribution in [0.15, 0.2) is 24.3 Å². The number of carbonyl (C=O) groups is 2. The van der Waals surface area contributed by atoms with Crippen molar-refractivity contribution < 1.29 is 39.1 Å². The Labute approximate surface area is 156 Å². The molecule has 2 heterocycles. The van der Waals surface area contributed by atoms with Crippen molar-refractivity contribution in [2.24, 2.45) is 0 Å². The first-order valence-electron chi connectivity index (χ1n) is 8.71. The maximum atomic E-state index is 12.3. The van der Waals surface area contributed by atoms with Crippen molar-refractivity contribution in [1.29, 1.82) is 0 Å². The molecule has 9 nitrogen and oxygen atoms in total. The molecule has 148 valence electrons. The van der Waals surface area contributed by atoms with E-state index in [1.165, 1.54) is 7.11 Å². The number of methoxy groups -OCH3 is 1. The number of hydrogen-bond donors (Lipinski definition) is 3. The van der Waals surface area contributed by atoms with Crippen molar-refractivity contribution in [3.8, 4) is 0 Å². The summed E-state index contributed by atoms with van der Waals surface area (Å²) >= 11 is 0. The SMILES string of the molecule is CO[C@H]1O[C@H](CO)[C@@H](O)[C@H](OCCCN2C(=O)c3ccccc3C2=O)[C@@H]1O. The first-order valence-corrected chi connectivity index (χ1v) is 8.71. The van der Waals surface area contributed by atoms with Crippen LogP contribution < -0.4 is 0 Å². The molecule has 1 aromatic rings. The molecule has 0 saturated carbocycles. The van der Waals surface area contributed by atoms with E-state index in [9.17, 15) is 24.9 Å². The molecule has 0 radical (unpaired) electrons. The lowest BCUT2D eigenvalue weighted by atomic mass is 9.99. The second kappa shape index (κ2) is 8.42. The fourth-order valence-electron chi connectivity index (χ4n) is 3.33. The second-order valence-electron chi connectivity index (χ2n) is 6.44. The number of imide groups is 1. The first-order chi connectivity index (χ1) is 13.0. The van der Waals surface area contributed by atoms with Crippen molar-refractivity contribution in [2.75, 3.05) is 26.9 Å². The molecule has 1 aromatic carbocycles. The van der Waals surface area contributed by atoms with Crippen molar-refractivity contribution in [3.63, 3.8) is 0 Å². The first kappa shape index (κ1) is 19.9. The predicted molar refractivity (Wildman–Crippen MR) is 90.9 cm³/mol. The van der Waals surface area contributed by atoms with E-state index in [1.807, 2.05) is 0 Å². The van der Waals surface area contributed by atoms with Gasteiger partial charge in [0.1, 0.15) is 24.4 Å². The molecule has 3 N–H and O–H groups in total. The molecule has 1 saturated heterocycles. The molecule has 0 aliphatic carbocycles. The summed E-state index contributed by atoms with van der Waals surface area (Å²) in [6.07, 6.45) is -5.17. The monoisotopic (exact) mass is 381 g/mol. The molecule has 2 aliphatic rings. The van der Waals surface area contributed by atoms with Crippen molar-refractivity contribution >= 4 is 11.8 Å². The van der Waals surface area contributed by atoms with Crippen LogP contribution in [0.25, 0.3) is 0 Å². The number of amides is 2. The normalized spacial score (nSPS) is 30.7. The molecule has 0 spiro atoms. The van der Waals surface area contributed by atoms with Gasteiger partial charge in [-0.05, 0) is 18.6 Å². The van der Waals surface area contributed by atoms with Gasteiger partial charge in [-0.1, -0.05) is 12.1 Å². The lowest BCUT2D eigenvalue weighted by molar-refractivity contribution is -0.301. The number of ether oxygens (including phenoxy) is 3. The van der Waals surface area contributed by atoms with Gasteiger partial charge in [-0.25, -0.2) is 0 Å². The number of benzene rings is 1. The van der Waals surface area contributed by atoms with Gasteiger partial charge in [-0.2, -0.15) is 0 Å². The molecule has 2 amide bonds. The van der Waals surface area contributed by atoms with E-state index in [0.717, 1.165) is 4.90 Å². The van der Waals surface area contributed by atoms with Crippen molar-refractivity contribution in [3.05, 3.63) is 35.4 Å².